The normalized spacial score (nSPS) is 14.3. The zero-order chi connectivity index (χ0) is 14.6. The lowest BCUT2D eigenvalue weighted by Gasteiger charge is -2.21. The van der Waals surface area contributed by atoms with Gasteiger partial charge in [0.2, 0.25) is 5.91 Å². The molecule has 0 saturated heterocycles. The number of rotatable bonds is 5. The first kappa shape index (κ1) is 14.5. The smallest absolute Gasteiger partial charge is 0.244 e. The number of carbonyl (C=O) groups excluding carboxylic acids is 1. The van der Waals surface area contributed by atoms with Crippen molar-refractivity contribution in [3.63, 3.8) is 0 Å². The summed E-state index contributed by atoms with van der Waals surface area (Å²) >= 11 is 1.58. The number of aromatic nitrogens is 2. The summed E-state index contributed by atoms with van der Waals surface area (Å²) < 4.78 is 1.61. The van der Waals surface area contributed by atoms with Crippen molar-refractivity contribution in [2.45, 2.75) is 12.5 Å². The Bertz CT molecular complexity index is 600. The second-order valence-corrected chi connectivity index (χ2v) is 5.56. The molecule has 2 rings (SSSR count). The highest BCUT2D eigenvalue weighted by Gasteiger charge is 2.24. The Balaban J connectivity index is 1.89. The topological polar surface area (TPSA) is 67.2 Å². The van der Waals surface area contributed by atoms with Gasteiger partial charge in [0.1, 0.15) is 5.60 Å². The van der Waals surface area contributed by atoms with Crippen LogP contribution in [0.15, 0.2) is 35.3 Å². The fourth-order valence-electron chi connectivity index (χ4n) is 1.66. The van der Waals surface area contributed by atoms with E-state index in [1.165, 1.54) is 6.08 Å². The Morgan fingerprint density at radius 3 is 3.05 bits per heavy atom. The lowest BCUT2D eigenvalue weighted by atomic mass is 10.00. The van der Waals surface area contributed by atoms with Gasteiger partial charge in [-0.05, 0) is 35.4 Å². The van der Waals surface area contributed by atoms with Crippen molar-refractivity contribution >= 4 is 23.3 Å². The van der Waals surface area contributed by atoms with Crippen LogP contribution in [0.25, 0.3) is 6.08 Å². The predicted octanol–water partition coefficient (Wildman–Crippen LogP) is 1.52. The molecule has 0 aromatic carbocycles. The van der Waals surface area contributed by atoms with Gasteiger partial charge in [-0.2, -0.15) is 16.4 Å². The van der Waals surface area contributed by atoms with E-state index < -0.39 is 5.60 Å². The van der Waals surface area contributed by atoms with Gasteiger partial charge in [0.05, 0.1) is 12.7 Å². The Morgan fingerprint density at radius 1 is 1.65 bits per heavy atom. The zero-order valence-electron chi connectivity index (χ0n) is 11.4. The van der Waals surface area contributed by atoms with Crippen molar-refractivity contribution in [2.24, 2.45) is 7.05 Å². The van der Waals surface area contributed by atoms with Crippen LogP contribution < -0.4 is 5.32 Å². The summed E-state index contributed by atoms with van der Waals surface area (Å²) in [5, 5.41) is 20.9. The molecule has 0 fully saturated rings. The fraction of sp³-hybridized carbons (Fsp3) is 0.286. The number of nitrogens with zero attached hydrogens (tertiary/aromatic N) is 2. The van der Waals surface area contributed by atoms with Crippen molar-refractivity contribution in [1.29, 1.82) is 0 Å². The average molecular weight is 291 g/mol. The number of carbonyl (C=O) groups is 1. The lowest BCUT2D eigenvalue weighted by Crippen LogP contribution is -2.37. The van der Waals surface area contributed by atoms with Crippen LogP contribution in [0.4, 0.5) is 0 Å². The summed E-state index contributed by atoms with van der Waals surface area (Å²) in [6.45, 7) is 1.78. The summed E-state index contributed by atoms with van der Waals surface area (Å²) in [7, 11) is 1.78. The van der Waals surface area contributed by atoms with E-state index in [1.807, 2.05) is 16.8 Å². The minimum atomic E-state index is -1.14. The third kappa shape index (κ3) is 3.79. The van der Waals surface area contributed by atoms with Gasteiger partial charge in [-0.15, -0.1) is 0 Å². The molecule has 2 aromatic heterocycles. The minimum absolute atomic E-state index is 0.130. The molecule has 0 spiro atoms. The maximum atomic E-state index is 11.7. The highest BCUT2D eigenvalue weighted by molar-refractivity contribution is 7.08. The van der Waals surface area contributed by atoms with Gasteiger partial charge in [-0.1, -0.05) is 0 Å². The van der Waals surface area contributed by atoms with E-state index in [1.54, 1.807) is 48.5 Å². The van der Waals surface area contributed by atoms with E-state index in [4.69, 9.17) is 0 Å². The SMILES string of the molecule is Cn1cc(C(C)(O)CNC(=O)C=Cc2ccsc2)cn1. The number of nitrogens with one attached hydrogen (secondary N) is 1. The maximum Gasteiger partial charge on any atom is 0.244 e. The largest absolute Gasteiger partial charge is 0.383 e. The second-order valence-electron chi connectivity index (χ2n) is 4.78. The molecule has 0 aliphatic heterocycles. The van der Waals surface area contributed by atoms with Crippen LogP contribution in [-0.2, 0) is 17.4 Å². The number of aliphatic hydroxyl groups is 1. The van der Waals surface area contributed by atoms with Crippen molar-refractivity contribution in [3.05, 3.63) is 46.4 Å². The molecule has 2 heterocycles. The van der Waals surface area contributed by atoms with E-state index in [0.717, 1.165) is 5.56 Å². The fourth-order valence-corrected chi connectivity index (χ4v) is 2.29. The van der Waals surface area contributed by atoms with Crippen molar-refractivity contribution in [2.75, 3.05) is 6.54 Å². The quantitative estimate of drug-likeness (QED) is 0.821. The Hall–Kier alpha value is -1.92. The molecular weight excluding hydrogens is 274 g/mol. The second kappa shape index (κ2) is 6.02. The van der Waals surface area contributed by atoms with E-state index in [0.29, 0.717) is 5.56 Å². The van der Waals surface area contributed by atoms with E-state index in [2.05, 4.69) is 10.4 Å². The standard InChI is InChI=1S/C14H17N3O2S/c1-14(19,12-7-16-17(2)8-12)10-15-13(18)4-3-11-5-6-20-9-11/h3-9,19H,10H2,1-2H3,(H,15,18). The molecule has 0 saturated carbocycles. The first-order chi connectivity index (χ1) is 9.47. The van der Waals surface area contributed by atoms with Gasteiger partial charge >= 0.3 is 0 Å². The Labute approximate surface area is 121 Å². The van der Waals surface area contributed by atoms with Gasteiger partial charge < -0.3 is 10.4 Å². The highest BCUT2D eigenvalue weighted by Crippen LogP contribution is 2.18. The van der Waals surface area contributed by atoms with Gasteiger partial charge in [0.15, 0.2) is 0 Å². The van der Waals surface area contributed by atoms with Crippen molar-refractivity contribution in [3.8, 4) is 0 Å². The molecule has 0 radical (unpaired) electrons. The van der Waals surface area contributed by atoms with Crippen LogP contribution >= 0.6 is 11.3 Å². The number of thiophene rings is 1. The van der Waals surface area contributed by atoms with E-state index in [-0.39, 0.29) is 12.5 Å². The summed E-state index contributed by atoms with van der Waals surface area (Å²) in [4.78, 5) is 11.7. The highest BCUT2D eigenvalue weighted by atomic mass is 32.1. The lowest BCUT2D eigenvalue weighted by molar-refractivity contribution is -0.117. The van der Waals surface area contributed by atoms with Crippen LogP contribution in [0.1, 0.15) is 18.1 Å². The van der Waals surface area contributed by atoms with Gasteiger partial charge in [-0.25, -0.2) is 0 Å². The Kier molecular flexibility index (Phi) is 4.36. The molecule has 5 nitrogen and oxygen atoms in total. The maximum absolute atomic E-state index is 11.7. The summed E-state index contributed by atoms with van der Waals surface area (Å²) in [5.41, 5.74) is 0.520. The van der Waals surface area contributed by atoms with Crippen LogP contribution in [0, 0.1) is 0 Å². The van der Waals surface area contributed by atoms with Gasteiger partial charge in [0.25, 0.3) is 0 Å². The van der Waals surface area contributed by atoms with Crippen molar-refractivity contribution in [1.82, 2.24) is 15.1 Å². The zero-order valence-corrected chi connectivity index (χ0v) is 12.2. The molecule has 1 amide bonds. The molecule has 2 aromatic rings. The van der Waals surface area contributed by atoms with Crippen molar-refractivity contribution < 1.29 is 9.90 Å². The van der Waals surface area contributed by atoms with Crippen LogP contribution in [0.5, 0.6) is 0 Å². The van der Waals surface area contributed by atoms with Gasteiger partial charge in [-0.3, -0.25) is 9.48 Å². The average Bonchev–Trinajstić information content (AvgIpc) is 3.05. The Morgan fingerprint density at radius 2 is 2.45 bits per heavy atom. The van der Waals surface area contributed by atoms with E-state index >= 15 is 0 Å². The number of hydrogen-bond acceptors (Lipinski definition) is 4. The number of hydrogen-bond donors (Lipinski definition) is 2. The molecule has 0 bridgehead atoms. The monoisotopic (exact) mass is 291 g/mol. The molecular formula is C14H17N3O2S. The molecule has 1 atom stereocenters. The van der Waals surface area contributed by atoms with Crippen LogP contribution in [-0.4, -0.2) is 27.3 Å². The molecule has 0 aliphatic rings. The number of aryl methyl sites for hydroxylation is 1. The number of amides is 1. The molecule has 2 N–H and O–H groups in total. The molecule has 20 heavy (non-hydrogen) atoms. The molecule has 106 valence electrons. The third-order valence-corrected chi connectivity index (χ3v) is 3.61. The minimum Gasteiger partial charge on any atom is -0.383 e. The first-order valence-electron chi connectivity index (χ1n) is 6.17. The molecule has 1 unspecified atom stereocenters. The predicted molar refractivity (Wildman–Crippen MR) is 79.1 cm³/mol. The molecule has 0 aliphatic carbocycles. The first-order valence-corrected chi connectivity index (χ1v) is 7.11. The van der Waals surface area contributed by atoms with Crippen LogP contribution in [0.3, 0.4) is 0 Å². The molecule has 6 heteroatoms. The van der Waals surface area contributed by atoms with Gasteiger partial charge in [0, 0.05) is 24.9 Å². The van der Waals surface area contributed by atoms with Crippen LogP contribution in [0.2, 0.25) is 0 Å². The summed E-state index contributed by atoms with van der Waals surface area (Å²) in [6, 6.07) is 1.93. The summed E-state index contributed by atoms with van der Waals surface area (Å²) in [6.07, 6.45) is 6.52. The third-order valence-electron chi connectivity index (χ3n) is 2.90. The summed E-state index contributed by atoms with van der Waals surface area (Å²) in [5.74, 6) is -0.236. The van der Waals surface area contributed by atoms with E-state index in [9.17, 15) is 9.90 Å².